The van der Waals surface area contributed by atoms with Crippen molar-refractivity contribution in [1.82, 2.24) is 9.97 Å². The van der Waals surface area contributed by atoms with Gasteiger partial charge in [-0.15, -0.1) is 0 Å². The predicted octanol–water partition coefficient (Wildman–Crippen LogP) is 4.27. The summed E-state index contributed by atoms with van der Waals surface area (Å²) in [5, 5.41) is 3.02. The van der Waals surface area contributed by atoms with E-state index in [-0.39, 0.29) is 11.6 Å². The van der Waals surface area contributed by atoms with Crippen molar-refractivity contribution in [2.75, 3.05) is 11.9 Å². The van der Waals surface area contributed by atoms with Crippen molar-refractivity contribution in [3.05, 3.63) is 82.9 Å². The fraction of sp³-hybridized carbons (Fsp3) is 0.143. The first kappa shape index (κ1) is 15.4. The van der Waals surface area contributed by atoms with Gasteiger partial charge >= 0.3 is 0 Å². The number of hydrogen-bond acceptors (Lipinski definition) is 3. The van der Waals surface area contributed by atoms with Crippen LogP contribution in [0.3, 0.4) is 0 Å². The van der Waals surface area contributed by atoms with E-state index in [9.17, 15) is 4.79 Å². The Morgan fingerprint density at radius 3 is 2.52 bits per heavy atom. The monoisotopic (exact) mass is 329 g/mol. The molecule has 4 heteroatoms. The topological polar surface area (TPSA) is 49.0 Å². The quantitative estimate of drug-likeness (QED) is 0.610. The van der Waals surface area contributed by atoms with Gasteiger partial charge in [0.15, 0.2) is 0 Å². The van der Waals surface area contributed by atoms with Crippen molar-refractivity contribution in [2.24, 2.45) is 0 Å². The second-order valence-corrected chi connectivity index (χ2v) is 6.29. The third-order valence-corrected chi connectivity index (χ3v) is 4.75. The minimum Gasteiger partial charge on any atom is -0.365 e. The van der Waals surface area contributed by atoms with Crippen molar-refractivity contribution in [3.63, 3.8) is 0 Å². The number of para-hydroxylation sites is 1. The summed E-state index contributed by atoms with van der Waals surface area (Å²) in [4.78, 5) is 22.0. The minimum atomic E-state index is -0.0978. The summed E-state index contributed by atoms with van der Waals surface area (Å²) >= 11 is 0. The predicted molar refractivity (Wildman–Crippen MR) is 103 cm³/mol. The molecule has 1 atom stereocenters. The average Bonchev–Trinajstić information content (AvgIpc) is 2.66. The van der Waals surface area contributed by atoms with Crippen LogP contribution in [-0.2, 0) is 0 Å². The largest absolute Gasteiger partial charge is 0.365 e. The molecule has 25 heavy (non-hydrogen) atoms. The zero-order valence-corrected chi connectivity index (χ0v) is 14.2. The molecule has 1 N–H and O–H groups in total. The SMILES string of the molecule is C[C@H](c1nc2ccccc2c(=O)[nH]1)N(C)c1ccc2ccccc2c1. The maximum atomic E-state index is 12.3. The number of fused-ring (bicyclic) bond motifs is 2. The first-order valence-electron chi connectivity index (χ1n) is 8.34. The molecule has 4 nitrogen and oxygen atoms in total. The normalized spacial score (nSPS) is 12.4. The molecule has 0 fully saturated rings. The number of aromatic amines is 1. The van der Waals surface area contributed by atoms with Gasteiger partial charge in [0, 0.05) is 12.7 Å². The van der Waals surface area contributed by atoms with Crippen LogP contribution in [0.2, 0.25) is 0 Å². The number of rotatable bonds is 3. The molecule has 3 aromatic carbocycles. The van der Waals surface area contributed by atoms with Crippen molar-refractivity contribution >= 4 is 27.4 Å². The highest BCUT2D eigenvalue weighted by atomic mass is 16.1. The first-order chi connectivity index (χ1) is 12.1. The molecule has 0 aliphatic heterocycles. The molecule has 1 aromatic heterocycles. The van der Waals surface area contributed by atoms with Gasteiger partial charge in [-0.3, -0.25) is 4.79 Å². The number of nitrogens with zero attached hydrogens (tertiary/aromatic N) is 2. The third-order valence-electron chi connectivity index (χ3n) is 4.75. The van der Waals surface area contributed by atoms with Crippen LogP contribution in [0.15, 0.2) is 71.5 Å². The van der Waals surface area contributed by atoms with E-state index in [0.717, 1.165) is 11.2 Å². The number of benzene rings is 3. The van der Waals surface area contributed by atoms with Crippen molar-refractivity contribution < 1.29 is 0 Å². The molecule has 124 valence electrons. The molecule has 0 saturated heterocycles. The van der Waals surface area contributed by atoms with Crippen molar-refractivity contribution in [1.29, 1.82) is 0 Å². The molecular formula is C21H19N3O. The maximum absolute atomic E-state index is 12.3. The van der Waals surface area contributed by atoms with Crippen molar-refractivity contribution in [2.45, 2.75) is 13.0 Å². The smallest absolute Gasteiger partial charge is 0.258 e. The van der Waals surface area contributed by atoms with E-state index < -0.39 is 0 Å². The molecule has 1 heterocycles. The highest BCUT2D eigenvalue weighted by molar-refractivity contribution is 5.86. The average molecular weight is 329 g/mol. The van der Waals surface area contributed by atoms with Crippen LogP contribution in [0, 0.1) is 0 Å². The molecule has 4 rings (SSSR count). The van der Waals surface area contributed by atoms with Crippen LogP contribution in [0.4, 0.5) is 5.69 Å². The van der Waals surface area contributed by atoms with E-state index in [2.05, 4.69) is 45.2 Å². The zero-order chi connectivity index (χ0) is 17.4. The maximum Gasteiger partial charge on any atom is 0.258 e. The van der Waals surface area contributed by atoms with Gasteiger partial charge in [0.05, 0.1) is 16.9 Å². The Kier molecular flexibility index (Phi) is 3.73. The molecule has 0 bridgehead atoms. The Hall–Kier alpha value is -3.14. The van der Waals surface area contributed by atoms with Crippen LogP contribution in [-0.4, -0.2) is 17.0 Å². The van der Waals surface area contributed by atoms with Gasteiger partial charge in [0.25, 0.3) is 5.56 Å². The Bertz CT molecular complexity index is 1120. The molecule has 0 radical (unpaired) electrons. The van der Waals surface area contributed by atoms with E-state index in [1.54, 1.807) is 6.07 Å². The standard InChI is InChI=1S/C21H19N3O/c1-14(20-22-19-10-6-5-9-18(19)21(25)23-20)24(2)17-12-11-15-7-3-4-8-16(15)13-17/h3-14H,1-2H3,(H,22,23,25)/t14-/m1/s1. The van der Waals surface area contributed by atoms with Crippen LogP contribution in [0.1, 0.15) is 18.8 Å². The van der Waals surface area contributed by atoms with Gasteiger partial charge in [0.2, 0.25) is 0 Å². The van der Waals surface area contributed by atoms with Gasteiger partial charge in [-0.2, -0.15) is 0 Å². The molecular weight excluding hydrogens is 310 g/mol. The Balaban J connectivity index is 1.74. The van der Waals surface area contributed by atoms with E-state index in [4.69, 9.17) is 0 Å². The lowest BCUT2D eigenvalue weighted by Gasteiger charge is -2.26. The minimum absolute atomic E-state index is 0.0570. The van der Waals surface area contributed by atoms with Crippen LogP contribution in [0.25, 0.3) is 21.7 Å². The molecule has 0 spiro atoms. The fourth-order valence-corrected chi connectivity index (χ4v) is 3.11. The summed E-state index contributed by atoms with van der Waals surface area (Å²) in [7, 11) is 2.02. The van der Waals surface area contributed by atoms with E-state index in [0.29, 0.717) is 11.2 Å². The summed E-state index contributed by atoms with van der Waals surface area (Å²) in [5.41, 5.74) is 1.71. The second kappa shape index (κ2) is 6.06. The van der Waals surface area contributed by atoms with Gasteiger partial charge in [-0.25, -0.2) is 4.98 Å². The van der Waals surface area contributed by atoms with Gasteiger partial charge < -0.3 is 9.88 Å². The van der Waals surface area contributed by atoms with Gasteiger partial charge in [-0.05, 0) is 42.0 Å². The lowest BCUT2D eigenvalue weighted by atomic mass is 10.1. The van der Waals surface area contributed by atoms with Gasteiger partial charge in [-0.1, -0.05) is 42.5 Å². The summed E-state index contributed by atoms with van der Waals surface area (Å²) in [6.07, 6.45) is 0. The molecule has 0 aliphatic carbocycles. The van der Waals surface area contributed by atoms with E-state index in [1.165, 1.54) is 10.8 Å². The summed E-state index contributed by atoms with van der Waals surface area (Å²) in [6.45, 7) is 2.04. The highest BCUT2D eigenvalue weighted by Gasteiger charge is 2.16. The van der Waals surface area contributed by atoms with Crippen molar-refractivity contribution in [3.8, 4) is 0 Å². The molecule has 0 unspecified atom stereocenters. The number of hydrogen-bond donors (Lipinski definition) is 1. The Morgan fingerprint density at radius 2 is 1.68 bits per heavy atom. The third kappa shape index (κ3) is 2.76. The number of H-pyrrole nitrogens is 1. The van der Waals surface area contributed by atoms with E-state index in [1.807, 2.05) is 44.3 Å². The van der Waals surface area contributed by atoms with Crippen LogP contribution in [0.5, 0.6) is 0 Å². The number of anilines is 1. The van der Waals surface area contributed by atoms with Gasteiger partial charge in [0.1, 0.15) is 5.82 Å². The highest BCUT2D eigenvalue weighted by Crippen LogP contribution is 2.27. The molecule has 0 amide bonds. The van der Waals surface area contributed by atoms with E-state index >= 15 is 0 Å². The fourth-order valence-electron chi connectivity index (χ4n) is 3.11. The molecule has 0 aliphatic rings. The first-order valence-corrected chi connectivity index (χ1v) is 8.34. The number of aromatic nitrogens is 2. The Morgan fingerprint density at radius 1 is 0.960 bits per heavy atom. The second-order valence-electron chi connectivity index (χ2n) is 6.29. The lowest BCUT2D eigenvalue weighted by Crippen LogP contribution is -2.25. The van der Waals surface area contributed by atoms with Crippen LogP contribution < -0.4 is 10.5 Å². The number of nitrogens with one attached hydrogen (secondary N) is 1. The zero-order valence-electron chi connectivity index (χ0n) is 14.2. The Labute approximate surface area is 145 Å². The summed E-state index contributed by atoms with van der Waals surface area (Å²) in [5.74, 6) is 0.666. The molecule has 4 aromatic rings. The summed E-state index contributed by atoms with van der Waals surface area (Å²) < 4.78 is 0. The lowest BCUT2D eigenvalue weighted by molar-refractivity contribution is 0.686. The summed E-state index contributed by atoms with van der Waals surface area (Å²) in [6, 6.07) is 22.0. The molecule has 0 saturated carbocycles. The van der Waals surface area contributed by atoms with Crippen LogP contribution >= 0.6 is 0 Å².